The van der Waals surface area contributed by atoms with Crippen LogP contribution in [0.5, 0.6) is 0 Å². The first-order valence-corrected chi connectivity index (χ1v) is 10.5. The highest BCUT2D eigenvalue weighted by Crippen LogP contribution is 2.18. The number of aliphatic imine (C=N–C) groups is 2. The third-order valence-corrected chi connectivity index (χ3v) is 3.82. The summed E-state index contributed by atoms with van der Waals surface area (Å²) in [7, 11) is 1.93. The lowest BCUT2D eigenvalue weighted by Gasteiger charge is -2.26. The van der Waals surface area contributed by atoms with E-state index in [4.69, 9.17) is 9.47 Å². The number of hydrogen-bond donors (Lipinski definition) is 0. The van der Waals surface area contributed by atoms with Crippen LogP contribution in [-0.4, -0.2) is 46.2 Å². The summed E-state index contributed by atoms with van der Waals surface area (Å²) in [6.07, 6.45) is 0.634. The maximum Gasteiger partial charge on any atom is 0.210 e. The van der Waals surface area contributed by atoms with Gasteiger partial charge in [0, 0.05) is 6.42 Å². The van der Waals surface area contributed by atoms with E-state index in [0.717, 1.165) is 0 Å². The predicted octanol–water partition coefficient (Wildman–Crippen LogP) is 2.75. The lowest BCUT2D eigenvalue weighted by atomic mass is 10.0. The standard InChI is InChI=1S/C15H26N2O2Si/c1-11(2)13-15(19-4)16-12(14(17-13)18-3)9-8-10-20(5,6)7/h11-13H,9H2,1-7H3/t12-,13-/m0/s1. The molecule has 0 aromatic carbocycles. The Labute approximate surface area is 123 Å². The monoisotopic (exact) mass is 294 g/mol. The summed E-state index contributed by atoms with van der Waals surface area (Å²) >= 11 is 0. The third kappa shape index (κ3) is 4.68. The van der Waals surface area contributed by atoms with Gasteiger partial charge in [-0.2, -0.15) is 0 Å². The van der Waals surface area contributed by atoms with Crippen molar-refractivity contribution in [2.24, 2.45) is 15.9 Å². The molecule has 0 spiro atoms. The molecule has 0 N–H and O–H groups in total. The maximum absolute atomic E-state index is 5.39. The summed E-state index contributed by atoms with van der Waals surface area (Å²) in [6, 6.07) is -0.204. The van der Waals surface area contributed by atoms with E-state index in [0.29, 0.717) is 24.1 Å². The summed E-state index contributed by atoms with van der Waals surface area (Å²) in [5, 5.41) is 0. The van der Waals surface area contributed by atoms with Gasteiger partial charge in [0.15, 0.2) is 0 Å². The highest BCUT2D eigenvalue weighted by Gasteiger charge is 2.30. The zero-order chi connectivity index (χ0) is 15.3. The molecule has 0 saturated heterocycles. The molecule has 0 aromatic rings. The van der Waals surface area contributed by atoms with Gasteiger partial charge in [-0.05, 0) is 5.92 Å². The first-order chi connectivity index (χ1) is 9.28. The largest absolute Gasteiger partial charge is 0.483 e. The minimum atomic E-state index is -1.35. The van der Waals surface area contributed by atoms with E-state index in [9.17, 15) is 0 Å². The molecule has 5 heteroatoms. The Morgan fingerprint density at radius 3 is 2.15 bits per heavy atom. The van der Waals surface area contributed by atoms with Crippen LogP contribution in [0, 0.1) is 17.4 Å². The van der Waals surface area contributed by atoms with E-state index in [1.165, 1.54) is 0 Å². The molecular weight excluding hydrogens is 268 g/mol. The van der Waals surface area contributed by atoms with Crippen LogP contribution >= 0.6 is 0 Å². The minimum absolute atomic E-state index is 0.0591. The van der Waals surface area contributed by atoms with Crippen LogP contribution < -0.4 is 0 Å². The zero-order valence-electron chi connectivity index (χ0n) is 13.7. The van der Waals surface area contributed by atoms with Gasteiger partial charge in [0.25, 0.3) is 0 Å². The molecule has 0 amide bonds. The lowest BCUT2D eigenvalue weighted by molar-refractivity contribution is 0.333. The molecule has 0 aliphatic carbocycles. The summed E-state index contributed by atoms with van der Waals surface area (Å²) in [4.78, 5) is 9.26. The van der Waals surface area contributed by atoms with Gasteiger partial charge in [-0.25, -0.2) is 9.98 Å². The second-order valence-corrected chi connectivity index (χ2v) is 11.1. The van der Waals surface area contributed by atoms with Gasteiger partial charge in [-0.1, -0.05) is 33.5 Å². The number of methoxy groups -OCH3 is 2. The van der Waals surface area contributed by atoms with E-state index < -0.39 is 8.07 Å². The van der Waals surface area contributed by atoms with Gasteiger partial charge in [0.2, 0.25) is 11.8 Å². The topological polar surface area (TPSA) is 43.2 Å². The second kappa shape index (κ2) is 6.94. The van der Waals surface area contributed by atoms with Crippen LogP contribution in [0.3, 0.4) is 0 Å². The van der Waals surface area contributed by atoms with Gasteiger partial charge in [0.05, 0.1) is 14.2 Å². The molecule has 20 heavy (non-hydrogen) atoms. The van der Waals surface area contributed by atoms with Crippen LogP contribution in [0.1, 0.15) is 20.3 Å². The van der Waals surface area contributed by atoms with E-state index >= 15 is 0 Å². The Hall–Kier alpha value is -1.28. The Balaban J connectivity index is 2.92. The molecule has 1 rings (SSSR count). The predicted molar refractivity (Wildman–Crippen MR) is 87.0 cm³/mol. The van der Waals surface area contributed by atoms with Crippen LogP contribution in [-0.2, 0) is 9.47 Å². The van der Waals surface area contributed by atoms with Crippen molar-refractivity contribution in [1.82, 2.24) is 0 Å². The molecule has 112 valence electrons. The molecule has 0 fully saturated rings. The SMILES string of the molecule is COC1=N[C@@H](C(C)C)C(OC)=N[C@H]1CC#C[Si](C)(C)C. The molecule has 0 saturated carbocycles. The van der Waals surface area contributed by atoms with Crippen LogP contribution in [0.2, 0.25) is 19.6 Å². The third-order valence-electron chi connectivity index (χ3n) is 2.90. The van der Waals surface area contributed by atoms with Crippen molar-refractivity contribution in [1.29, 1.82) is 0 Å². The highest BCUT2D eigenvalue weighted by atomic mass is 28.3. The lowest BCUT2D eigenvalue weighted by Crippen LogP contribution is -2.37. The number of nitrogens with zero attached hydrogens (tertiary/aromatic N) is 2. The average molecular weight is 294 g/mol. The molecule has 0 bridgehead atoms. The van der Waals surface area contributed by atoms with E-state index in [1.54, 1.807) is 14.2 Å². The molecule has 0 radical (unpaired) electrons. The maximum atomic E-state index is 5.39. The summed E-state index contributed by atoms with van der Waals surface area (Å²) < 4.78 is 10.8. The Morgan fingerprint density at radius 2 is 1.70 bits per heavy atom. The molecule has 1 aliphatic heterocycles. The van der Waals surface area contributed by atoms with E-state index in [1.807, 2.05) is 0 Å². The molecule has 2 atom stereocenters. The van der Waals surface area contributed by atoms with Crippen molar-refractivity contribution < 1.29 is 9.47 Å². The molecule has 0 aromatic heterocycles. The van der Waals surface area contributed by atoms with Gasteiger partial charge < -0.3 is 9.47 Å². The van der Waals surface area contributed by atoms with Crippen molar-refractivity contribution in [2.75, 3.05) is 14.2 Å². The Morgan fingerprint density at radius 1 is 1.10 bits per heavy atom. The summed E-state index contributed by atoms with van der Waals surface area (Å²) in [6.45, 7) is 10.9. The quantitative estimate of drug-likeness (QED) is 0.580. The van der Waals surface area contributed by atoms with Gasteiger partial charge >= 0.3 is 0 Å². The number of rotatable bonds is 2. The van der Waals surface area contributed by atoms with Gasteiger partial charge in [-0.15, -0.1) is 11.5 Å². The Kier molecular flexibility index (Phi) is 5.82. The summed E-state index contributed by atoms with van der Waals surface area (Å²) in [5.41, 5.74) is 3.35. The normalized spacial score (nSPS) is 22.6. The van der Waals surface area contributed by atoms with Crippen LogP contribution in [0.25, 0.3) is 0 Å². The highest BCUT2D eigenvalue weighted by molar-refractivity contribution is 6.83. The smallest absolute Gasteiger partial charge is 0.210 e. The van der Waals surface area contributed by atoms with Crippen molar-refractivity contribution in [2.45, 2.75) is 52.0 Å². The number of hydrogen-bond acceptors (Lipinski definition) is 4. The summed E-state index contributed by atoms with van der Waals surface area (Å²) in [5.74, 6) is 4.91. The van der Waals surface area contributed by atoms with Crippen LogP contribution in [0.15, 0.2) is 9.98 Å². The zero-order valence-corrected chi connectivity index (χ0v) is 14.7. The molecule has 1 aliphatic rings. The van der Waals surface area contributed by atoms with Crippen molar-refractivity contribution in [3.8, 4) is 11.5 Å². The first-order valence-electron chi connectivity index (χ1n) is 7.02. The van der Waals surface area contributed by atoms with Gasteiger partial charge in [0.1, 0.15) is 20.2 Å². The number of ether oxygens (including phenoxy) is 2. The fourth-order valence-electron chi connectivity index (χ4n) is 1.91. The Bertz CT molecular complexity index is 453. The van der Waals surface area contributed by atoms with Crippen molar-refractivity contribution in [3.05, 3.63) is 0 Å². The molecular formula is C15H26N2O2Si. The second-order valence-electron chi connectivity index (χ2n) is 6.30. The molecule has 0 unspecified atom stereocenters. The first kappa shape index (κ1) is 16.8. The van der Waals surface area contributed by atoms with E-state index in [2.05, 4.69) is 54.9 Å². The molecule has 1 heterocycles. The van der Waals surface area contributed by atoms with Crippen molar-refractivity contribution in [3.63, 3.8) is 0 Å². The average Bonchev–Trinajstić information content (AvgIpc) is 2.36. The van der Waals surface area contributed by atoms with Crippen molar-refractivity contribution >= 4 is 19.9 Å². The fourth-order valence-corrected chi connectivity index (χ4v) is 2.54. The van der Waals surface area contributed by atoms with Crippen LogP contribution in [0.4, 0.5) is 0 Å². The van der Waals surface area contributed by atoms with Gasteiger partial charge in [-0.3, -0.25) is 0 Å². The molecule has 4 nitrogen and oxygen atoms in total. The minimum Gasteiger partial charge on any atom is -0.483 e. The fraction of sp³-hybridized carbons (Fsp3) is 0.733. The van der Waals surface area contributed by atoms with E-state index in [-0.39, 0.29) is 12.1 Å².